The first-order valence-electron chi connectivity index (χ1n) is 8.68. The molecule has 1 amide bonds. The van der Waals surface area contributed by atoms with Crippen molar-refractivity contribution in [1.82, 2.24) is 15.0 Å². The Bertz CT molecular complexity index is 1100. The van der Waals surface area contributed by atoms with Gasteiger partial charge in [-0.3, -0.25) is 9.59 Å². The lowest BCUT2D eigenvalue weighted by Crippen LogP contribution is -2.13. The lowest BCUT2D eigenvalue weighted by Gasteiger charge is -2.12. The standard InChI is InChI=1S/C19H16F3N5O2S/c1-10-2-3-11(6-12(10)19(20,21)22)27-18(29)15-8-24-17(30-15)5-4-14(28)13-7-16(23)26-9-25-13/h2-3,6-9H,4-5H2,1H3,(H,27,29)(H2,23,25,26). The van der Waals surface area contributed by atoms with E-state index in [4.69, 9.17) is 5.73 Å². The number of hydrogen-bond donors (Lipinski definition) is 2. The molecule has 2 aromatic heterocycles. The van der Waals surface area contributed by atoms with Crippen molar-refractivity contribution < 1.29 is 22.8 Å². The van der Waals surface area contributed by atoms with Crippen LogP contribution in [-0.2, 0) is 12.6 Å². The number of nitrogen functional groups attached to an aromatic ring is 1. The van der Waals surface area contributed by atoms with Crippen molar-refractivity contribution in [2.45, 2.75) is 25.9 Å². The van der Waals surface area contributed by atoms with E-state index in [1.807, 2.05) is 0 Å². The number of ketones is 1. The van der Waals surface area contributed by atoms with Gasteiger partial charge < -0.3 is 11.1 Å². The minimum absolute atomic E-state index is 0.0319. The zero-order chi connectivity index (χ0) is 21.9. The molecule has 0 aliphatic heterocycles. The van der Waals surface area contributed by atoms with Crippen molar-refractivity contribution in [1.29, 1.82) is 0 Å². The van der Waals surface area contributed by atoms with Crippen LogP contribution in [-0.4, -0.2) is 26.6 Å². The maximum absolute atomic E-state index is 13.0. The Morgan fingerprint density at radius 2 is 1.93 bits per heavy atom. The second-order valence-electron chi connectivity index (χ2n) is 6.35. The third-order valence-electron chi connectivity index (χ3n) is 4.12. The van der Waals surface area contributed by atoms with E-state index in [0.717, 1.165) is 17.4 Å². The molecule has 0 unspecified atom stereocenters. The molecule has 0 saturated carbocycles. The summed E-state index contributed by atoms with van der Waals surface area (Å²) in [6.07, 6.45) is -1.60. The molecule has 0 radical (unpaired) electrons. The highest BCUT2D eigenvalue weighted by Gasteiger charge is 2.32. The van der Waals surface area contributed by atoms with Gasteiger partial charge in [0.15, 0.2) is 5.78 Å². The number of aryl methyl sites for hydroxylation is 2. The van der Waals surface area contributed by atoms with E-state index >= 15 is 0 Å². The summed E-state index contributed by atoms with van der Waals surface area (Å²) in [6.45, 7) is 1.35. The molecule has 0 aliphatic carbocycles. The fourth-order valence-corrected chi connectivity index (χ4v) is 3.41. The number of hydrogen-bond acceptors (Lipinski definition) is 7. The molecule has 30 heavy (non-hydrogen) atoms. The average molecular weight is 435 g/mol. The first-order chi connectivity index (χ1) is 14.1. The van der Waals surface area contributed by atoms with Gasteiger partial charge in [0, 0.05) is 24.6 Å². The quantitative estimate of drug-likeness (QED) is 0.568. The van der Waals surface area contributed by atoms with Crippen molar-refractivity contribution in [2.24, 2.45) is 0 Å². The molecule has 3 rings (SSSR count). The summed E-state index contributed by atoms with van der Waals surface area (Å²) in [5, 5.41) is 2.98. The number of anilines is 2. The first-order valence-corrected chi connectivity index (χ1v) is 9.50. The van der Waals surface area contributed by atoms with E-state index < -0.39 is 17.6 Å². The van der Waals surface area contributed by atoms with E-state index in [1.54, 1.807) is 0 Å². The van der Waals surface area contributed by atoms with Gasteiger partial charge in [-0.25, -0.2) is 15.0 Å². The maximum Gasteiger partial charge on any atom is 0.416 e. The van der Waals surface area contributed by atoms with Gasteiger partial charge in [-0.2, -0.15) is 13.2 Å². The summed E-state index contributed by atoms with van der Waals surface area (Å²) in [5.41, 5.74) is 5.00. The molecule has 0 fully saturated rings. The highest BCUT2D eigenvalue weighted by molar-refractivity contribution is 7.13. The molecule has 0 atom stereocenters. The highest BCUT2D eigenvalue weighted by atomic mass is 32.1. The van der Waals surface area contributed by atoms with Crippen LogP contribution in [0.3, 0.4) is 0 Å². The van der Waals surface area contributed by atoms with Crippen molar-refractivity contribution in [3.8, 4) is 0 Å². The van der Waals surface area contributed by atoms with Gasteiger partial charge in [-0.1, -0.05) is 6.07 Å². The minimum atomic E-state index is -4.51. The summed E-state index contributed by atoms with van der Waals surface area (Å²) in [4.78, 5) is 36.4. The molecule has 1 aromatic carbocycles. The zero-order valence-electron chi connectivity index (χ0n) is 15.7. The third-order valence-corrected chi connectivity index (χ3v) is 5.17. The number of carbonyl (C=O) groups is 2. The molecule has 0 aliphatic rings. The Morgan fingerprint density at radius 1 is 1.17 bits per heavy atom. The Kier molecular flexibility index (Phi) is 6.11. The number of rotatable bonds is 6. The van der Waals surface area contributed by atoms with Gasteiger partial charge in [-0.15, -0.1) is 11.3 Å². The number of halogens is 3. The monoisotopic (exact) mass is 435 g/mol. The van der Waals surface area contributed by atoms with Crippen molar-refractivity contribution >= 4 is 34.5 Å². The number of alkyl halides is 3. The SMILES string of the molecule is Cc1ccc(NC(=O)c2cnc(CCC(=O)c3cc(N)ncn3)s2)cc1C(F)(F)F. The van der Waals surface area contributed by atoms with E-state index in [2.05, 4.69) is 20.3 Å². The van der Waals surface area contributed by atoms with Gasteiger partial charge in [0.25, 0.3) is 5.91 Å². The summed E-state index contributed by atoms with van der Waals surface area (Å²) in [5.74, 6) is -0.637. The van der Waals surface area contributed by atoms with Crippen LogP contribution >= 0.6 is 11.3 Å². The van der Waals surface area contributed by atoms with Crippen LogP contribution in [0.15, 0.2) is 36.8 Å². The lowest BCUT2D eigenvalue weighted by atomic mass is 10.1. The fraction of sp³-hybridized carbons (Fsp3) is 0.211. The summed E-state index contributed by atoms with van der Waals surface area (Å²) in [6, 6.07) is 4.96. The fourth-order valence-electron chi connectivity index (χ4n) is 2.60. The Morgan fingerprint density at radius 3 is 2.63 bits per heavy atom. The molecule has 11 heteroatoms. The molecular weight excluding hydrogens is 419 g/mol. The van der Waals surface area contributed by atoms with E-state index in [-0.39, 0.29) is 46.3 Å². The second-order valence-corrected chi connectivity index (χ2v) is 7.47. The average Bonchev–Trinajstić information content (AvgIpc) is 3.16. The number of nitrogens with two attached hydrogens (primary N) is 1. The summed E-state index contributed by atoms with van der Waals surface area (Å²) >= 11 is 1.06. The van der Waals surface area contributed by atoms with Crippen LogP contribution in [0.5, 0.6) is 0 Å². The largest absolute Gasteiger partial charge is 0.416 e. The molecule has 3 aromatic rings. The molecule has 0 spiro atoms. The van der Waals surface area contributed by atoms with Crippen molar-refractivity contribution in [3.05, 3.63) is 63.5 Å². The van der Waals surface area contributed by atoms with Crippen LogP contribution in [0.4, 0.5) is 24.7 Å². The number of carbonyl (C=O) groups excluding carboxylic acids is 2. The summed E-state index contributed by atoms with van der Waals surface area (Å²) in [7, 11) is 0. The third kappa shape index (κ3) is 5.17. The molecule has 7 nitrogen and oxygen atoms in total. The molecule has 3 N–H and O–H groups in total. The number of Topliss-reactive ketones (excluding diaryl/α,β-unsaturated/α-hetero) is 1. The first kappa shape index (κ1) is 21.4. The number of amides is 1. The predicted octanol–water partition coefficient (Wildman–Crippen LogP) is 3.91. The van der Waals surface area contributed by atoms with Crippen LogP contribution in [0.25, 0.3) is 0 Å². The second kappa shape index (κ2) is 8.57. The van der Waals surface area contributed by atoms with Crippen molar-refractivity contribution in [2.75, 3.05) is 11.1 Å². The van der Waals surface area contributed by atoms with Crippen LogP contribution in [0, 0.1) is 6.92 Å². The maximum atomic E-state index is 13.0. The van der Waals surface area contributed by atoms with E-state index in [1.165, 1.54) is 37.6 Å². The molecule has 0 bridgehead atoms. The van der Waals surface area contributed by atoms with Crippen LogP contribution < -0.4 is 11.1 Å². The normalized spacial score (nSPS) is 11.3. The van der Waals surface area contributed by atoms with E-state index in [0.29, 0.717) is 5.01 Å². The van der Waals surface area contributed by atoms with Gasteiger partial charge in [0.05, 0.1) is 16.8 Å². The Labute approximate surface area is 173 Å². The molecule has 2 heterocycles. The molecule has 156 valence electrons. The number of aromatic nitrogens is 3. The molecular formula is C19H16F3N5O2S. The van der Waals surface area contributed by atoms with E-state index in [9.17, 15) is 22.8 Å². The highest BCUT2D eigenvalue weighted by Crippen LogP contribution is 2.33. The number of nitrogens with one attached hydrogen (secondary N) is 1. The van der Waals surface area contributed by atoms with Crippen LogP contribution in [0.1, 0.15) is 42.7 Å². The number of nitrogens with zero attached hydrogens (tertiary/aromatic N) is 3. The molecule has 0 saturated heterocycles. The smallest absolute Gasteiger partial charge is 0.384 e. The Hall–Kier alpha value is -3.34. The van der Waals surface area contributed by atoms with Crippen molar-refractivity contribution in [3.63, 3.8) is 0 Å². The zero-order valence-corrected chi connectivity index (χ0v) is 16.5. The predicted molar refractivity (Wildman–Crippen MR) is 105 cm³/mol. The van der Waals surface area contributed by atoms with Gasteiger partial charge >= 0.3 is 6.18 Å². The Balaban J connectivity index is 1.63. The van der Waals surface area contributed by atoms with Gasteiger partial charge in [-0.05, 0) is 24.6 Å². The summed E-state index contributed by atoms with van der Waals surface area (Å²) < 4.78 is 39.1. The van der Waals surface area contributed by atoms with Gasteiger partial charge in [0.1, 0.15) is 22.7 Å². The topological polar surface area (TPSA) is 111 Å². The number of thiazole rings is 1. The van der Waals surface area contributed by atoms with Gasteiger partial charge in [0.2, 0.25) is 0 Å². The lowest BCUT2D eigenvalue weighted by molar-refractivity contribution is -0.138. The van der Waals surface area contributed by atoms with Crippen LogP contribution in [0.2, 0.25) is 0 Å². The minimum Gasteiger partial charge on any atom is -0.384 e. The number of benzene rings is 1.